The first-order valence-corrected chi connectivity index (χ1v) is 12.7. The summed E-state index contributed by atoms with van der Waals surface area (Å²) in [5.41, 5.74) is 0. The van der Waals surface area contributed by atoms with Gasteiger partial charge >= 0.3 is 78.8 Å². The van der Waals surface area contributed by atoms with E-state index in [2.05, 4.69) is 13.8 Å². The summed E-state index contributed by atoms with van der Waals surface area (Å²) < 4.78 is 0.650. The van der Waals surface area contributed by atoms with E-state index in [1.807, 2.05) is 0 Å². The zero-order valence-electron chi connectivity index (χ0n) is 6.66. The topological polar surface area (TPSA) is 0 Å². The molecule has 61 valence electrons. The quantitative estimate of drug-likeness (QED) is 0.531. The number of halogens is 2. The molecule has 10 heavy (non-hydrogen) atoms. The third kappa shape index (κ3) is 6.11. The van der Waals surface area contributed by atoms with Crippen molar-refractivity contribution < 1.29 is 0 Å². The normalized spacial score (nSPS) is 14.1. The molecule has 0 bridgehead atoms. The number of hydrogen-bond donors (Lipinski definition) is 0. The van der Waals surface area contributed by atoms with Crippen molar-refractivity contribution in [3.8, 4) is 0 Å². The van der Waals surface area contributed by atoms with Gasteiger partial charge in [0.05, 0.1) is 0 Å². The Balaban J connectivity index is 3.13. The van der Waals surface area contributed by atoms with Crippen molar-refractivity contribution in [3.63, 3.8) is 0 Å². The van der Waals surface area contributed by atoms with Crippen molar-refractivity contribution in [2.45, 2.75) is 43.5 Å². The van der Waals surface area contributed by atoms with Crippen molar-refractivity contribution in [2.24, 2.45) is 0 Å². The summed E-state index contributed by atoms with van der Waals surface area (Å²) in [5, 5.41) is 0. The Morgan fingerprint density at radius 2 is 1.90 bits per heavy atom. The Morgan fingerprint density at radius 3 is 2.30 bits per heavy atom. The molecule has 0 aromatic heterocycles. The van der Waals surface area contributed by atoms with Crippen LogP contribution in [-0.4, -0.2) is 17.5 Å². The summed E-state index contributed by atoms with van der Waals surface area (Å²) in [6.07, 6.45) is 5.17. The van der Waals surface area contributed by atoms with Crippen LogP contribution in [-0.2, 0) is 0 Å². The molecule has 3 heteroatoms. The number of rotatable bonds is 5. The van der Waals surface area contributed by atoms with E-state index < -0.39 is 17.5 Å². The third-order valence-electron chi connectivity index (χ3n) is 1.61. The van der Waals surface area contributed by atoms with Gasteiger partial charge in [-0.05, 0) is 0 Å². The molecule has 1 atom stereocenters. The molecule has 1 unspecified atom stereocenters. The van der Waals surface area contributed by atoms with E-state index in [-0.39, 0.29) is 0 Å². The molecule has 0 aliphatic rings. The monoisotopic (exact) mass is 289 g/mol. The molecule has 0 aromatic rings. The van der Waals surface area contributed by atoms with Gasteiger partial charge in [-0.25, -0.2) is 0 Å². The van der Waals surface area contributed by atoms with Crippen LogP contribution in [0.2, 0.25) is 3.93 Å². The predicted octanol–water partition coefficient (Wildman–Crippen LogP) is 3.92. The summed E-state index contributed by atoms with van der Waals surface area (Å²) in [4.78, 5) is 0. The zero-order valence-corrected chi connectivity index (χ0v) is 11.0. The molecule has 0 N–H and O–H groups in total. The van der Waals surface area contributed by atoms with Gasteiger partial charge in [0.2, 0.25) is 0 Å². The molecule has 0 aliphatic heterocycles. The molecule has 0 fully saturated rings. The van der Waals surface area contributed by atoms with Gasteiger partial charge in [0.15, 0.2) is 0 Å². The minimum absolute atomic E-state index is 0.650. The summed E-state index contributed by atoms with van der Waals surface area (Å²) in [6.45, 7) is 4.40. The molecule has 0 saturated carbocycles. The average molecular weight is 289 g/mol. The van der Waals surface area contributed by atoms with E-state index in [0.29, 0.717) is 3.93 Å². The molecule has 0 heterocycles. The maximum absolute atomic E-state index is 5.87. The van der Waals surface area contributed by atoms with Crippen LogP contribution >= 0.6 is 17.8 Å². The fourth-order valence-corrected chi connectivity index (χ4v) is 3.48. The Hall–Kier alpha value is 1.38. The SMILES string of the molecule is CCCCC[CH](C)[Sn]([Cl])[Cl]. The van der Waals surface area contributed by atoms with Crippen LogP contribution in [0, 0.1) is 0 Å². The molecule has 0 aromatic carbocycles. The van der Waals surface area contributed by atoms with Crippen LogP contribution in [0.4, 0.5) is 0 Å². The second kappa shape index (κ2) is 7.05. The third-order valence-corrected chi connectivity index (χ3v) is 9.56. The van der Waals surface area contributed by atoms with Crippen molar-refractivity contribution >= 4 is 35.3 Å². The second-order valence-corrected chi connectivity index (χ2v) is 13.9. The van der Waals surface area contributed by atoms with Gasteiger partial charge in [-0.2, -0.15) is 0 Å². The van der Waals surface area contributed by atoms with E-state index in [1.54, 1.807) is 0 Å². The van der Waals surface area contributed by atoms with E-state index in [1.165, 1.54) is 25.7 Å². The van der Waals surface area contributed by atoms with Crippen molar-refractivity contribution in [1.82, 2.24) is 0 Å². The molecule has 1 radical (unpaired) electrons. The van der Waals surface area contributed by atoms with E-state index >= 15 is 0 Å². The van der Waals surface area contributed by atoms with Gasteiger partial charge in [-0.3, -0.25) is 0 Å². The zero-order chi connectivity index (χ0) is 7.98. The van der Waals surface area contributed by atoms with Crippen LogP contribution in [0.3, 0.4) is 0 Å². The predicted molar refractivity (Wildman–Crippen MR) is 51.0 cm³/mol. The molecule has 0 saturated heterocycles. The van der Waals surface area contributed by atoms with Crippen molar-refractivity contribution in [1.29, 1.82) is 0 Å². The molecular weight excluding hydrogens is 274 g/mol. The number of hydrogen-bond acceptors (Lipinski definition) is 0. The second-order valence-electron chi connectivity index (χ2n) is 2.69. The fraction of sp³-hybridized carbons (Fsp3) is 1.00. The van der Waals surface area contributed by atoms with Crippen LogP contribution < -0.4 is 0 Å². The van der Waals surface area contributed by atoms with Crippen molar-refractivity contribution in [2.75, 3.05) is 0 Å². The summed E-state index contributed by atoms with van der Waals surface area (Å²) in [7, 11) is 11.7. The maximum atomic E-state index is 5.87. The van der Waals surface area contributed by atoms with Crippen LogP contribution in [0.15, 0.2) is 0 Å². The summed E-state index contributed by atoms with van der Waals surface area (Å²) in [5.74, 6) is 0. The van der Waals surface area contributed by atoms with E-state index in [0.717, 1.165) is 0 Å². The molecule has 0 aliphatic carbocycles. The van der Waals surface area contributed by atoms with Crippen LogP contribution in [0.25, 0.3) is 0 Å². The fourth-order valence-electron chi connectivity index (χ4n) is 0.810. The Kier molecular flexibility index (Phi) is 8.02. The van der Waals surface area contributed by atoms with Crippen LogP contribution in [0.5, 0.6) is 0 Å². The van der Waals surface area contributed by atoms with Gasteiger partial charge in [0.1, 0.15) is 0 Å². The van der Waals surface area contributed by atoms with Gasteiger partial charge in [-0.15, -0.1) is 0 Å². The molecule has 0 amide bonds. The number of unbranched alkanes of at least 4 members (excludes halogenated alkanes) is 2. The summed E-state index contributed by atoms with van der Waals surface area (Å²) in [6, 6.07) is 0. The first kappa shape index (κ1) is 11.4. The Labute approximate surface area is 78.5 Å². The standard InChI is InChI=1S/C7H15.2ClH.Sn/c1-3-5-7-6-4-2;;;/h3H,4-7H2,1-2H3;2*1H;/q;;;+2/p-2. The molecule has 0 spiro atoms. The average Bonchev–Trinajstić information content (AvgIpc) is 1.88. The molecular formula is C7H15Cl2Sn. The Bertz CT molecular complexity index is 76.0. The van der Waals surface area contributed by atoms with Gasteiger partial charge < -0.3 is 0 Å². The first-order chi connectivity index (χ1) is 4.68. The van der Waals surface area contributed by atoms with E-state index in [9.17, 15) is 0 Å². The Morgan fingerprint density at radius 1 is 1.30 bits per heavy atom. The van der Waals surface area contributed by atoms with Crippen molar-refractivity contribution in [3.05, 3.63) is 0 Å². The first-order valence-electron chi connectivity index (χ1n) is 3.86. The van der Waals surface area contributed by atoms with E-state index in [4.69, 9.17) is 17.8 Å². The van der Waals surface area contributed by atoms with Gasteiger partial charge in [0.25, 0.3) is 0 Å². The minimum atomic E-state index is -1.85. The molecule has 0 rings (SSSR count). The van der Waals surface area contributed by atoms with Crippen LogP contribution in [0.1, 0.15) is 39.5 Å². The summed E-state index contributed by atoms with van der Waals surface area (Å²) >= 11 is -1.85. The van der Waals surface area contributed by atoms with Gasteiger partial charge in [-0.1, -0.05) is 0 Å². The molecule has 0 nitrogen and oxygen atoms in total. The van der Waals surface area contributed by atoms with Gasteiger partial charge in [0, 0.05) is 0 Å².